The van der Waals surface area contributed by atoms with Crippen molar-refractivity contribution in [3.63, 3.8) is 0 Å². The topological polar surface area (TPSA) is 87.5 Å². The van der Waals surface area contributed by atoms with Gasteiger partial charge in [-0.15, -0.1) is 0 Å². The van der Waals surface area contributed by atoms with Crippen LogP contribution in [0, 0.1) is 0 Å². The number of carbonyl (C=O) groups is 2. The van der Waals surface area contributed by atoms with E-state index in [-0.39, 0.29) is 16.7 Å². The van der Waals surface area contributed by atoms with Crippen LogP contribution in [-0.2, 0) is 0 Å². The van der Waals surface area contributed by atoms with E-state index in [1.807, 2.05) is 0 Å². The van der Waals surface area contributed by atoms with Crippen LogP contribution in [0.4, 0.5) is 0 Å². The first-order chi connectivity index (χ1) is 8.61. The maximum absolute atomic E-state index is 11.1. The molecule has 0 aliphatic rings. The summed E-state index contributed by atoms with van der Waals surface area (Å²) < 4.78 is 0. The van der Waals surface area contributed by atoms with Gasteiger partial charge in [0, 0.05) is 18.0 Å². The summed E-state index contributed by atoms with van der Waals surface area (Å²) in [4.78, 5) is 25.9. The molecule has 0 aliphatic carbocycles. The van der Waals surface area contributed by atoms with Gasteiger partial charge in [-0.1, -0.05) is 30.3 Å². The van der Waals surface area contributed by atoms with Crippen molar-refractivity contribution in [2.75, 3.05) is 0 Å². The zero-order chi connectivity index (χ0) is 13.1. The summed E-state index contributed by atoms with van der Waals surface area (Å²) in [6.45, 7) is 0. The standard InChI is InChI=1S/C13H9NO4/c15-12(16)9-6-14-7-10(13(17)18)11(9)8-4-2-1-3-5-8/h1-7H,(H,15,16)(H,17,18). The predicted molar refractivity (Wildman–Crippen MR) is 63.6 cm³/mol. The number of aromatic nitrogens is 1. The summed E-state index contributed by atoms with van der Waals surface area (Å²) in [5.74, 6) is -2.41. The summed E-state index contributed by atoms with van der Waals surface area (Å²) in [6, 6.07) is 8.52. The van der Waals surface area contributed by atoms with Gasteiger partial charge in [-0.25, -0.2) is 9.59 Å². The smallest absolute Gasteiger partial charge is 0.337 e. The van der Waals surface area contributed by atoms with Crippen LogP contribution in [-0.4, -0.2) is 27.1 Å². The van der Waals surface area contributed by atoms with E-state index >= 15 is 0 Å². The Bertz CT molecular complexity index is 575. The van der Waals surface area contributed by atoms with E-state index in [1.165, 1.54) is 0 Å². The third-order valence-electron chi connectivity index (χ3n) is 2.47. The van der Waals surface area contributed by atoms with Crippen molar-refractivity contribution in [2.45, 2.75) is 0 Å². The fourth-order valence-corrected chi connectivity index (χ4v) is 1.70. The van der Waals surface area contributed by atoms with Crippen LogP contribution in [0.2, 0.25) is 0 Å². The molecule has 5 nitrogen and oxygen atoms in total. The molecule has 1 aromatic carbocycles. The number of hydrogen-bond donors (Lipinski definition) is 2. The molecule has 5 heteroatoms. The molecule has 2 N–H and O–H groups in total. The van der Waals surface area contributed by atoms with E-state index in [4.69, 9.17) is 10.2 Å². The van der Waals surface area contributed by atoms with Gasteiger partial charge in [-0.05, 0) is 5.56 Å². The van der Waals surface area contributed by atoms with Crippen molar-refractivity contribution in [1.29, 1.82) is 0 Å². The first-order valence-corrected chi connectivity index (χ1v) is 5.11. The lowest BCUT2D eigenvalue weighted by molar-refractivity contribution is 0.0696. The Morgan fingerprint density at radius 1 is 0.889 bits per heavy atom. The van der Waals surface area contributed by atoms with Gasteiger partial charge in [0.2, 0.25) is 0 Å². The van der Waals surface area contributed by atoms with Gasteiger partial charge in [0.1, 0.15) is 0 Å². The molecule has 0 fully saturated rings. The van der Waals surface area contributed by atoms with Crippen molar-refractivity contribution < 1.29 is 19.8 Å². The molecule has 2 aromatic rings. The average molecular weight is 243 g/mol. The first-order valence-electron chi connectivity index (χ1n) is 5.11. The normalized spacial score (nSPS) is 10.0. The second kappa shape index (κ2) is 4.67. The average Bonchev–Trinajstić information content (AvgIpc) is 2.38. The lowest BCUT2D eigenvalue weighted by Gasteiger charge is -2.09. The molecule has 0 saturated carbocycles. The molecule has 0 saturated heterocycles. The summed E-state index contributed by atoms with van der Waals surface area (Å²) in [5, 5.41) is 18.2. The maximum Gasteiger partial charge on any atom is 0.337 e. The van der Waals surface area contributed by atoms with Crippen molar-refractivity contribution >= 4 is 11.9 Å². The second-order valence-corrected chi connectivity index (χ2v) is 3.59. The Balaban J connectivity index is 2.77. The van der Waals surface area contributed by atoms with Gasteiger partial charge >= 0.3 is 11.9 Å². The Morgan fingerprint density at radius 3 is 1.83 bits per heavy atom. The van der Waals surface area contributed by atoms with E-state index in [9.17, 15) is 9.59 Å². The molecule has 1 aromatic heterocycles. The van der Waals surface area contributed by atoms with Crippen LogP contribution in [0.15, 0.2) is 42.7 Å². The molecule has 18 heavy (non-hydrogen) atoms. The lowest BCUT2D eigenvalue weighted by atomic mass is 9.97. The monoisotopic (exact) mass is 243 g/mol. The minimum atomic E-state index is -1.20. The third kappa shape index (κ3) is 2.06. The third-order valence-corrected chi connectivity index (χ3v) is 2.47. The van der Waals surface area contributed by atoms with Gasteiger partial charge in [0.15, 0.2) is 0 Å². The number of carboxylic acids is 2. The van der Waals surface area contributed by atoms with E-state index in [1.54, 1.807) is 30.3 Å². The molecule has 0 atom stereocenters. The fraction of sp³-hybridized carbons (Fsp3) is 0. The zero-order valence-electron chi connectivity index (χ0n) is 9.20. The molecule has 0 radical (unpaired) electrons. The van der Waals surface area contributed by atoms with Gasteiger partial charge in [-0.3, -0.25) is 4.98 Å². The van der Waals surface area contributed by atoms with Crippen molar-refractivity contribution in [2.24, 2.45) is 0 Å². The highest BCUT2D eigenvalue weighted by atomic mass is 16.4. The summed E-state index contributed by atoms with van der Waals surface area (Å²) >= 11 is 0. The van der Waals surface area contributed by atoms with Crippen molar-refractivity contribution in [3.05, 3.63) is 53.9 Å². The van der Waals surface area contributed by atoms with Gasteiger partial charge < -0.3 is 10.2 Å². The quantitative estimate of drug-likeness (QED) is 0.862. The molecular formula is C13H9NO4. The van der Waals surface area contributed by atoms with Crippen LogP contribution >= 0.6 is 0 Å². The van der Waals surface area contributed by atoms with Gasteiger partial charge in [0.05, 0.1) is 11.1 Å². The van der Waals surface area contributed by atoms with Gasteiger partial charge in [0.25, 0.3) is 0 Å². The number of nitrogens with zero attached hydrogens (tertiary/aromatic N) is 1. The van der Waals surface area contributed by atoms with Crippen LogP contribution in [0.1, 0.15) is 20.7 Å². The predicted octanol–water partition coefficient (Wildman–Crippen LogP) is 2.15. The minimum Gasteiger partial charge on any atom is -0.478 e. The first kappa shape index (κ1) is 11.8. The van der Waals surface area contributed by atoms with Crippen LogP contribution in [0.25, 0.3) is 11.1 Å². The number of benzene rings is 1. The Kier molecular flexibility index (Phi) is 3.05. The highest BCUT2D eigenvalue weighted by Crippen LogP contribution is 2.27. The Labute approximate surface area is 102 Å². The summed E-state index contributed by atoms with van der Waals surface area (Å²) in [7, 11) is 0. The Hall–Kier alpha value is -2.69. The van der Waals surface area contributed by atoms with Crippen LogP contribution in [0.3, 0.4) is 0 Å². The van der Waals surface area contributed by atoms with E-state index in [2.05, 4.69) is 4.98 Å². The van der Waals surface area contributed by atoms with Crippen molar-refractivity contribution in [3.8, 4) is 11.1 Å². The molecule has 0 amide bonds. The largest absolute Gasteiger partial charge is 0.478 e. The number of carboxylic acid groups (broad SMARTS) is 2. The number of hydrogen-bond acceptors (Lipinski definition) is 3. The minimum absolute atomic E-state index is 0.124. The molecular weight excluding hydrogens is 234 g/mol. The van der Waals surface area contributed by atoms with E-state index in [0.717, 1.165) is 12.4 Å². The molecule has 0 aliphatic heterocycles. The molecule has 2 rings (SSSR count). The van der Waals surface area contributed by atoms with E-state index < -0.39 is 11.9 Å². The summed E-state index contributed by atoms with van der Waals surface area (Å²) in [5.41, 5.74) is 0.461. The SMILES string of the molecule is O=C(O)c1cncc(C(=O)O)c1-c1ccccc1. The number of pyridine rings is 1. The lowest BCUT2D eigenvalue weighted by Crippen LogP contribution is -2.08. The molecule has 0 spiro atoms. The van der Waals surface area contributed by atoms with Crippen LogP contribution in [0.5, 0.6) is 0 Å². The Morgan fingerprint density at radius 2 is 1.39 bits per heavy atom. The van der Waals surface area contributed by atoms with Crippen molar-refractivity contribution in [1.82, 2.24) is 4.98 Å². The second-order valence-electron chi connectivity index (χ2n) is 3.59. The number of rotatable bonds is 3. The fourth-order valence-electron chi connectivity index (χ4n) is 1.70. The number of aromatic carboxylic acids is 2. The molecule has 1 heterocycles. The maximum atomic E-state index is 11.1. The highest BCUT2D eigenvalue weighted by molar-refractivity contribution is 6.04. The molecule has 90 valence electrons. The van der Waals surface area contributed by atoms with Gasteiger partial charge in [-0.2, -0.15) is 0 Å². The van der Waals surface area contributed by atoms with Crippen LogP contribution < -0.4 is 0 Å². The zero-order valence-corrected chi connectivity index (χ0v) is 9.20. The highest BCUT2D eigenvalue weighted by Gasteiger charge is 2.19. The van der Waals surface area contributed by atoms with E-state index in [0.29, 0.717) is 5.56 Å². The summed E-state index contributed by atoms with van der Waals surface area (Å²) in [6.07, 6.45) is 2.30. The molecule has 0 bridgehead atoms. The molecule has 0 unspecified atom stereocenters.